The van der Waals surface area contributed by atoms with Gasteiger partial charge in [0.2, 0.25) is 11.8 Å². The molecule has 156 valence electrons. The highest BCUT2D eigenvalue weighted by Gasteiger charge is 2.34. The molecule has 1 heterocycles. The zero-order valence-corrected chi connectivity index (χ0v) is 17.4. The number of para-hydroxylation sites is 2. The van der Waals surface area contributed by atoms with Crippen LogP contribution in [0.5, 0.6) is 0 Å². The molecule has 1 aliphatic rings. The summed E-state index contributed by atoms with van der Waals surface area (Å²) in [4.78, 5) is 31.7. The Bertz CT molecular complexity index is 1010. The monoisotopic (exact) mass is 405 g/mol. The molecule has 1 aromatic heterocycles. The van der Waals surface area contributed by atoms with Crippen molar-refractivity contribution in [1.82, 2.24) is 15.2 Å². The Balaban J connectivity index is 1.47. The van der Waals surface area contributed by atoms with Crippen LogP contribution in [0.15, 0.2) is 52.9 Å². The van der Waals surface area contributed by atoms with Gasteiger partial charge < -0.3 is 14.6 Å². The number of nitrogens with zero attached hydrogens (tertiary/aromatic N) is 2. The molecule has 6 nitrogen and oxygen atoms in total. The minimum atomic E-state index is -0.00154. The quantitative estimate of drug-likeness (QED) is 0.665. The Morgan fingerprint density at radius 2 is 1.87 bits per heavy atom. The molecule has 3 aromatic rings. The largest absolute Gasteiger partial charge is 0.436 e. The van der Waals surface area contributed by atoms with E-state index in [0.717, 1.165) is 35.9 Å². The van der Waals surface area contributed by atoms with Crippen molar-refractivity contribution in [2.75, 3.05) is 13.1 Å². The Hall–Kier alpha value is -3.15. The molecule has 0 bridgehead atoms. The second-order valence-electron chi connectivity index (χ2n) is 7.71. The molecule has 1 fully saturated rings. The van der Waals surface area contributed by atoms with Gasteiger partial charge in [-0.15, -0.1) is 0 Å². The average molecular weight is 405 g/mol. The molecule has 30 heavy (non-hydrogen) atoms. The lowest BCUT2D eigenvalue weighted by atomic mass is 10.1. The molecule has 2 amide bonds. The molecular formula is C24H27N3O3. The van der Waals surface area contributed by atoms with Crippen LogP contribution in [0, 0.1) is 5.92 Å². The van der Waals surface area contributed by atoms with Gasteiger partial charge in [-0.3, -0.25) is 9.59 Å². The number of amides is 2. The lowest BCUT2D eigenvalue weighted by molar-refractivity contribution is -0.124. The fourth-order valence-electron chi connectivity index (χ4n) is 4.28. The maximum Gasteiger partial charge on any atom is 0.254 e. The fourth-order valence-corrected chi connectivity index (χ4v) is 4.28. The first-order chi connectivity index (χ1) is 14.6. The Kier molecular flexibility index (Phi) is 5.84. The van der Waals surface area contributed by atoms with Crippen molar-refractivity contribution in [2.24, 2.45) is 5.92 Å². The highest BCUT2D eigenvalue weighted by atomic mass is 16.3. The maximum atomic E-state index is 13.1. The number of nitrogens with one attached hydrogen (secondary N) is 1. The summed E-state index contributed by atoms with van der Waals surface area (Å²) in [6.45, 7) is 5.18. The maximum absolute atomic E-state index is 13.1. The normalized spacial score (nSPS) is 18.5. The molecule has 2 unspecified atom stereocenters. The molecular weight excluding hydrogens is 378 g/mol. The van der Waals surface area contributed by atoms with Gasteiger partial charge in [0, 0.05) is 36.2 Å². The predicted octanol–water partition coefficient (Wildman–Crippen LogP) is 4.26. The molecule has 0 saturated heterocycles. The Morgan fingerprint density at radius 1 is 1.10 bits per heavy atom. The van der Waals surface area contributed by atoms with Crippen molar-refractivity contribution < 1.29 is 14.0 Å². The van der Waals surface area contributed by atoms with E-state index >= 15 is 0 Å². The number of carbonyl (C=O) groups is 2. The SMILES string of the molecule is CCNC(=O)C1CCC(N(CC)C(=O)c2ccc(-c3nc4ccccc4o3)cc2)C1. The number of rotatable bonds is 6. The van der Waals surface area contributed by atoms with Crippen LogP contribution in [-0.2, 0) is 4.79 Å². The van der Waals surface area contributed by atoms with E-state index in [4.69, 9.17) is 4.42 Å². The third-order valence-corrected chi connectivity index (χ3v) is 5.84. The zero-order valence-electron chi connectivity index (χ0n) is 17.4. The molecule has 0 spiro atoms. The van der Waals surface area contributed by atoms with Crippen LogP contribution in [0.4, 0.5) is 0 Å². The molecule has 2 atom stereocenters. The first kappa shape index (κ1) is 20.1. The summed E-state index contributed by atoms with van der Waals surface area (Å²) in [5.41, 5.74) is 3.03. The summed E-state index contributed by atoms with van der Waals surface area (Å²) >= 11 is 0. The number of hydrogen-bond acceptors (Lipinski definition) is 4. The zero-order chi connectivity index (χ0) is 21.1. The average Bonchev–Trinajstić information content (AvgIpc) is 3.42. The van der Waals surface area contributed by atoms with Crippen LogP contribution in [0.1, 0.15) is 43.5 Å². The summed E-state index contributed by atoms with van der Waals surface area (Å²) < 4.78 is 5.81. The number of fused-ring (bicyclic) bond motifs is 1. The summed E-state index contributed by atoms with van der Waals surface area (Å²) in [6, 6.07) is 15.1. The summed E-state index contributed by atoms with van der Waals surface area (Å²) in [5.74, 6) is 0.649. The van der Waals surface area contributed by atoms with Crippen LogP contribution in [0.3, 0.4) is 0 Å². The lowest BCUT2D eigenvalue weighted by Crippen LogP contribution is -2.39. The summed E-state index contributed by atoms with van der Waals surface area (Å²) in [5, 5.41) is 2.90. The van der Waals surface area contributed by atoms with Gasteiger partial charge in [-0.1, -0.05) is 12.1 Å². The summed E-state index contributed by atoms with van der Waals surface area (Å²) in [6.07, 6.45) is 2.42. The third kappa shape index (κ3) is 3.95. The van der Waals surface area contributed by atoms with E-state index in [1.54, 1.807) is 0 Å². The molecule has 4 rings (SSSR count). The molecule has 0 radical (unpaired) electrons. The van der Waals surface area contributed by atoms with Crippen molar-refractivity contribution in [2.45, 2.75) is 39.2 Å². The number of carbonyl (C=O) groups excluding carboxylic acids is 2. The standard InChI is InChI=1S/C24H27N3O3/c1-3-25-22(28)18-13-14-19(15-18)27(4-2)24(29)17-11-9-16(10-12-17)23-26-20-7-5-6-8-21(20)30-23/h5-12,18-19H,3-4,13-15H2,1-2H3,(H,25,28). The fraction of sp³-hybridized carbons (Fsp3) is 0.375. The van der Waals surface area contributed by atoms with Gasteiger partial charge in [-0.2, -0.15) is 0 Å². The highest BCUT2D eigenvalue weighted by Crippen LogP contribution is 2.31. The van der Waals surface area contributed by atoms with Crippen LogP contribution in [-0.4, -0.2) is 40.8 Å². The van der Waals surface area contributed by atoms with Gasteiger partial charge >= 0.3 is 0 Å². The lowest BCUT2D eigenvalue weighted by Gasteiger charge is -2.28. The van der Waals surface area contributed by atoms with Gasteiger partial charge in [0.15, 0.2) is 5.58 Å². The van der Waals surface area contributed by atoms with Crippen LogP contribution >= 0.6 is 0 Å². The van der Waals surface area contributed by atoms with E-state index < -0.39 is 0 Å². The number of oxazole rings is 1. The molecule has 1 aliphatic carbocycles. The Morgan fingerprint density at radius 3 is 2.57 bits per heavy atom. The minimum Gasteiger partial charge on any atom is -0.436 e. The van der Waals surface area contributed by atoms with Gasteiger partial charge in [0.25, 0.3) is 5.91 Å². The van der Waals surface area contributed by atoms with Gasteiger partial charge in [-0.05, 0) is 69.5 Å². The smallest absolute Gasteiger partial charge is 0.254 e. The first-order valence-electron chi connectivity index (χ1n) is 10.6. The number of hydrogen-bond donors (Lipinski definition) is 1. The Labute approximate surface area is 176 Å². The minimum absolute atomic E-state index is 0.00154. The molecule has 1 N–H and O–H groups in total. The molecule has 2 aromatic carbocycles. The van der Waals surface area contributed by atoms with Gasteiger partial charge in [-0.25, -0.2) is 4.98 Å². The van der Waals surface area contributed by atoms with Crippen molar-refractivity contribution in [1.29, 1.82) is 0 Å². The summed E-state index contributed by atoms with van der Waals surface area (Å²) in [7, 11) is 0. The van der Waals surface area contributed by atoms with Crippen molar-refractivity contribution in [3.63, 3.8) is 0 Å². The van der Waals surface area contributed by atoms with Crippen LogP contribution < -0.4 is 5.32 Å². The third-order valence-electron chi connectivity index (χ3n) is 5.84. The second kappa shape index (κ2) is 8.69. The van der Waals surface area contributed by atoms with Crippen molar-refractivity contribution >= 4 is 22.9 Å². The molecule has 6 heteroatoms. The second-order valence-corrected chi connectivity index (χ2v) is 7.71. The molecule has 0 aliphatic heterocycles. The van der Waals surface area contributed by atoms with E-state index in [2.05, 4.69) is 10.3 Å². The van der Waals surface area contributed by atoms with E-state index in [0.29, 0.717) is 24.5 Å². The number of aromatic nitrogens is 1. The first-order valence-corrected chi connectivity index (χ1v) is 10.6. The van der Waals surface area contributed by atoms with Crippen molar-refractivity contribution in [3.8, 4) is 11.5 Å². The van der Waals surface area contributed by atoms with E-state index in [1.807, 2.05) is 67.3 Å². The molecule has 1 saturated carbocycles. The van der Waals surface area contributed by atoms with Gasteiger partial charge in [0.1, 0.15) is 5.52 Å². The topological polar surface area (TPSA) is 75.4 Å². The van der Waals surface area contributed by atoms with Crippen LogP contribution in [0.2, 0.25) is 0 Å². The highest BCUT2D eigenvalue weighted by molar-refractivity contribution is 5.95. The van der Waals surface area contributed by atoms with E-state index in [9.17, 15) is 9.59 Å². The van der Waals surface area contributed by atoms with E-state index in [-0.39, 0.29) is 23.8 Å². The van der Waals surface area contributed by atoms with Gasteiger partial charge in [0.05, 0.1) is 0 Å². The van der Waals surface area contributed by atoms with E-state index in [1.165, 1.54) is 0 Å². The number of benzene rings is 2. The predicted molar refractivity (Wildman–Crippen MR) is 116 cm³/mol. The van der Waals surface area contributed by atoms with Crippen molar-refractivity contribution in [3.05, 3.63) is 54.1 Å². The van der Waals surface area contributed by atoms with Crippen LogP contribution in [0.25, 0.3) is 22.6 Å².